The van der Waals surface area contributed by atoms with E-state index in [1.807, 2.05) is 31.2 Å². The number of nitrogens with one attached hydrogen (secondary N) is 2. The molecule has 118 valence electrons. The number of likely N-dealkylation sites (N-methyl/N-ethyl adjacent to an activating group) is 1. The Hall–Kier alpha value is -2.44. The second kappa shape index (κ2) is 6.13. The number of amides is 3. The molecular weight excluding hydrogens is 286 g/mol. The predicted molar refractivity (Wildman–Crippen MR) is 78.9 cm³/mol. The summed E-state index contributed by atoms with van der Waals surface area (Å²) in [7, 11) is 0. The van der Waals surface area contributed by atoms with E-state index in [1.54, 1.807) is 4.90 Å². The van der Waals surface area contributed by atoms with Crippen molar-refractivity contribution in [2.75, 3.05) is 26.2 Å². The summed E-state index contributed by atoms with van der Waals surface area (Å²) < 4.78 is 11.5. The molecule has 1 aromatic carbocycles. The number of rotatable bonds is 4. The molecule has 1 fully saturated rings. The fourth-order valence-corrected chi connectivity index (χ4v) is 2.60. The van der Waals surface area contributed by atoms with Crippen LogP contribution in [0.3, 0.4) is 0 Å². The first-order valence-corrected chi connectivity index (χ1v) is 7.39. The highest BCUT2D eigenvalue weighted by Crippen LogP contribution is 2.31. The van der Waals surface area contributed by atoms with Crippen molar-refractivity contribution >= 4 is 11.9 Å². The maximum absolute atomic E-state index is 12.4. The smallest absolute Gasteiger partial charge is 0.315 e. The van der Waals surface area contributed by atoms with Crippen molar-refractivity contribution in [1.29, 1.82) is 0 Å². The van der Waals surface area contributed by atoms with Gasteiger partial charge in [0.05, 0.1) is 6.54 Å². The monoisotopic (exact) mass is 305 g/mol. The molecule has 0 saturated carbocycles. The molecule has 1 saturated heterocycles. The van der Waals surface area contributed by atoms with E-state index < -0.39 is 6.04 Å². The second-order valence-corrected chi connectivity index (χ2v) is 5.28. The molecule has 22 heavy (non-hydrogen) atoms. The minimum atomic E-state index is -0.510. The van der Waals surface area contributed by atoms with Crippen molar-refractivity contribution in [3.05, 3.63) is 24.3 Å². The van der Waals surface area contributed by atoms with Gasteiger partial charge in [-0.15, -0.1) is 0 Å². The van der Waals surface area contributed by atoms with Gasteiger partial charge in [-0.2, -0.15) is 0 Å². The summed E-state index contributed by atoms with van der Waals surface area (Å²) in [6.45, 7) is 3.59. The molecule has 2 aliphatic heterocycles. The number of ether oxygens (including phenoxy) is 2. The van der Waals surface area contributed by atoms with Crippen LogP contribution >= 0.6 is 0 Å². The number of benzene rings is 1. The van der Waals surface area contributed by atoms with E-state index in [0.717, 1.165) is 5.75 Å². The van der Waals surface area contributed by atoms with Crippen LogP contribution in [0.25, 0.3) is 0 Å². The van der Waals surface area contributed by atoms with Crippen LogP contribution in [0, 0.1) is 0 Å². The number of hydrogen-bond acceptors (Lipinski definition) is 4. The van der Waals surface area contributed by atoms with Crippen LogP contribution in [0.5, 0.6) is 11.5 Å². The molecule has 3 rings (SSSR count). The number of carbonyl (C=O) groups is 2. The lowest BCUT2D eigenvalue weighted by molar-refractivity contribution is -0.134. The Morgan fingerprint density at radius 3 is 2.82 bits per heavy atom. The molecule has 2 unspecified atom stereocenters. The quantitative estimate of drug-likeness (QED) is 0.841. The summed E-state index contributed by atoms with van der Waals surface area (Å²) in [4.78, 5) is 25.3. The lowest BCUT2D eigenvalue weighted by atomic mass is 10.2. The van der Waals surface area contributed by atoms with Crippen LogP contribution < -0.4 is 20.1 Å². The lowest BCUT2D eigenvalue weighted by Gasteiger charge is -2.31. The van der Waals surface area contributed by atoms with E-state index in [9.17, 15) is 9.59 Å². The van der Waals surface area contributed by atoms with Gasteiger partial charge in [-0.3, -0.25) is 4.79 Å². The molecule has 2 atom stereocenters. The standard InChI is InChI=1S/C15H19N3O4/c1-2-18(14(19)11-7-16-15(20)17-11)8-10-9-21-12-5-3-4-6-13(12)22-10/h3-6,10-11H,2,7-9H2,1H3,(H2,16,17,20). The van der Waals surface area contributed by atoms with E-state index in [-0.39, 0.29) is 18.0 Å². The maximum Gasteiger partial charge on any atom is 0.315 e. The fourth-order valence-electron chi connectivity index (χ4n) is 2.60. The van der Waals surface area contributed by atoms with E-state index in [2.05, 4.69) is 10.6 Å². The Labute approximate surface area is 128 Å². The number of fused-ring (bicyclic) bond motifs is 1. The van der Waals surface area contributed by atoms with Gasteiger partial charge in [-0.05, 0) is 19.1 Å². The number of hydrogen-bond donors (Lipinski definition) is 2. The molecular formula is C15H19N3O4. The molecule has 7 heteroatoms. The number of para-hydroxylation sites is 2. The Kier molecular flexibility index (Phi) is 4.04. The van der Waals surface area contributed by atoms with Crippen molar-refractivity contribution in [1.82, 2.24) is 15.5 Å². The summed E-state index contributed by atoms with van der Waals surface area (Å²) in [6.07, 6.45) is -0.219. The third-order valence-electron chi connectivity index (χ3n) is 3.76. The average Bonchev–Trinajstić information content (AvgIpc) is 2.98. The first-order valence-electron chi connectivity index (χ1n) is 7.39. The number of carbonyl (C=O) groups excluding carboxylic acids is 2. The number of nitrogens with zero attached hydrogens (tertiary/aromatic N) is 1. The van der Waals surface area contributed by atoms with Gasteiger partial charge in [0.15, 0.2) is 17.6 Å². The molecule has 0 aliphatic carbocycles. The Balaban J connectivity index is 1.61. The molecule has 2 aliphatic rings. The van der Waals surface area contributed by atoms with Crippen molar-refractivity contribution in [2.24, 2.45) is 0 Å². The van der Waals surface area contributed by atoms with Gasteiger partial charge in [0, 0.05) is 13.1 Å². The van der Waals surface area contributed by atoms with Gasteiger partial charge in [-0.25, -0.2) is 4.79 Å². The van der Waals surface area contributed by atoms with Gasteiger partial charge in [-0.1, -0.05) is 12.1 Å². The highest BCUT2D eigenvalue weighted by Gasteiger charge is 2.32. The predicted octanol–water partition coefficient (Wildman–Crippen LogP) is 0.356. The molecule has 2 N–H and O–H groups in total. The van der Waals surface area contributed by atoms with Crippen molar-refractivity contribution in [3.63, 3.8) is 0 Å². The average molecular weight is 305 g/mol. The second-order valence-electron chi connectivity index (χ2n) is 5.28. The van der Waals surface area contributed by atoms with Crippen LogP contribution in [0.4, 0.5) is 4.79 Å². The minimum absolute atomic E-state index is 0.108. The topological polar surface area (TPSA) is 79.9 Å². The molecule has 7 nitrogen and oxygen atoms in total. The van der Waals surface area contributed by atoms with E-state index in [0.29, 0.717) is 32.0 Å². The zero-order valence-corrected chi connectivity index (χ0v) is 12.4. The van der Waals surface area contributed by atoms with Crippen molar-refractivity contribution in [2.45, 2.75) is 19.1 Å². The van der Waals surface area contributed by atoms with Crippen LogP contribution in [0.1, 0.15) is 6.92 Å². The molecule has 0 aromatic heterocycles. The van der Waals surface area contributed by atoms with E-state index in [1.165, 1.54) is 0 Å². The van der Waals surface area contributed by atoms with Gasteiger partial charge < -0.3 is 25.0 Å². The Bertz CT molecular complexity index is 578. The van der Waals surface area contributed by atoms with Gasteiger partial charge in [0.2, 0.25) is 5.91 Å². The summed E-state index contributed by atoms with van der Waals surface area (Å²) in [5, 5.41) is 5.20. The first kappa shape index (κ1) is 14.5. The summed E-state index contributed by atoms with van der Waals surface area (Å²) in [5.74, 6) is 1.31. The zero-order chi connectivity index (χ0) is 15.5. The summed E-state index contributed by atoms with van der Waals surface area (Å²) in [6, 6.07) is 6.66. The Morgan fingerprint density at radius 2 is 2.14 bits per heavy atom. The van der Waals surface area contributed by atoms with Crippen molar-refractivity contribution in [3.8, 4) is 11.5 Å². The molecule has 0 radical (unpaired) electrons. The van der Waals surface area contributed by atoms with Crippen LogP contribution in [-0.2, 0) is 4.79 Å². The molecule has 2 heterocycles. The summed E-state index contributed by atoms with van der Waals surface area (Å²) in [5.41, 5.74) is 0. The van der Waals surface area contributed by atoms with E-state index >= 15 is 0 Å². The van der Waals surface area contributed by atoms with Crippen LogP contribution in [0.2, 0.25) is 0 Å². The van der Waals surface area contributed by atoms with Crippen LogP contribution in [-0.4, -0.2) is 55.2 Å². The maximum atomic E-state index is 12.4. The molecule has 0 bridgehead atoms. The van der Waals surface area contributed by atoms with Gasteiger partial charge in [0.25, 0.3) is 0 Å². The third kappa shape index (κ3) is 2.93. The summed E-state index contributed by atoms with van der Waals surface area (Å²) >= 11 is 0. The number of urea groups is 1. The highest BCUT2D eigenvalue weighted by atomic mass is 16.6. The third-order valence-corrected chi connectivity index (χ3v) is 3.76. The van der Waals surface area contributed by atoms with Gasteiger partial charge >= 0.3 is 6.03 Å². The van der Waals surface area contributed by atoms with Crippen LogP contribution in [0.15, 0.2) is 24.3 Å². The zero-order valence-electron chi connectivity index (χ0n) is 12.4. The minimum Gasteiger partial charge on any atom is -0.486 e. The van der Waals surface area contributed by atoms with Gasteiger partial charge in [0.1, 0.15) is 12.6 Å². The normalized spacial score (nSPS) is 22.7. The van der Waals surface area contributed by atoms with E-state index in [4.69, 9.17) is 9.47 Å². The highest BCUT2D eigenvalue weighted by molar-refractivity contribution is 5.90. The fraction of sp³-hybridized carbons (Fsp3) is 0.467. The first-order chi connectivity index (χ1) is 10.7. The van der Waals surface area contributed by atoms with Crippen molar-refractivity contribution < 1.29 is 19.1 Å². The largest absolute Gasteiger partial charge is 0.486 e. The molecule has 0 spiro atoms. The Morgan fingerprint density at radius 1 is 1.36 bits per heavy atom. The molecule has 1 aromatic rings. The SMILES string of the molecule is CCN(CC1COc2ccccc2O1)C(=O)C1CNC(=O)N1. The molecule has 3 amide bonds. The lowest BCUT2D eigenvalue weighted by Crippen LogP contribution is -2.50.